The maximum atomic E-state index is 12.0. The van der Waals surface area contributed by atoms with Crippen LogP contribution in [0.4, 0.5) is 5.69 Å². The molecule has 0 radical (unpaired) electrons. The molecule has 26 heavy (non-hydrogen) atoms. The molecule has 132 valence electrons. The number of benzene rings is 3. The van der Waals surface area contributed by atoms with Crippen LogP contribution in [-0.4, -0.2) is 12.5 Å². The normalized spacial score (nSPS) is 10.2. The molecule has 0 saturated carbocycles. The van der Waals surface area contributed by atoms with Gasteiger partial charge in [0.1, 0.15) is 17.2 Å². The van der Waals surface area contributed by atoms with Crippen LogP contribution < -0.4 is 14.8 Å². The first-order valence-electron chi connectivity index (χ1n) is 8.51. The Morgan fingerprint density at radius 1 is 0.846 bits per heavy atom. The van der Waals surface area contributed by atoms with E-state index in [1.165, 1.54) is 0 Å². The molecule has 0 bridgehead atoms. The van der Waals surface area contributed by atoms with Gasteiger partial charge in [0.25, 0.3) is 0 Å². The number of anilines is 1. The topological polar surface area (TPSA) is 47.6 Å². The molecule has 4 heteroatoms. The Balaban J connectivity index is 1.45. The van der Waals surface area contributed by atoms with Crippen molar-refractivity contribution in [3.8, 4) is 17.2 Å². The van der Waals surface area contributed by atoms with Crippen molar-refractivity contribution in [2.75, 3.05) is 11.9 Å². The van der Waals surface area contributed by atoms with Gasteiger partial charge in [-0.2, -0.15) is 0 Å². The molecule has 0 atom stereocenters. The van der Waals surface area contributed by atoms with Crippen LogP contribution in [0.1, 0.15) is 12.0 Å². The fourth-order valence-electron chi connectivity index (χ4n) is 2.42. The molecular weight excluding hydrogens is 326 g/mol. The summed E-state index contributed by atoms with van der Waals surface area (Å²) in [4.78, 5) is 12.0. The molecule has 1 amide bonds. The Bertz CT molecular complexity index is 845. The minimum atomic E-state index is -0.0885. The molecule has 0 aromatic heterocycles. The molecule has 0 spiro atoms. The third kappa shape index (κ3) is 5.38. The highest BCUT2D eigenvalue weighted by Gasteiger charge is 2.04. The minimum Gasteiger partial charge on any atom is -0.493 e. The summed E-state index contributed by atoms with van der Waals surface area (Å²) in [7, 11) is 0. The average molecular weight is 347 g/mol. The Morgan fingerprint density at radius 2 is 1.54 bits per heavy atom. The molecule has 0 aliphatic heterocycles. The van der Waals surface area contributed by atoms with Gasteiger partial charge in [-0.3, -0.25) is 4.79 Å². The van der Waals surface area contributed by atoms with Crippen LogP contribution in [0.15, 0.2) is 78.9 Å². The maximum Gasteiger partial charge on any atom is 0.227 e. The SMILES string of the molecule is Cc1cccc(OCCC(=O)Nc2ccc(Oc3ccccc3)cc2)c1. The average Bonchev–Trinajstić information content (AvgIpc) is 2.64. The van der Waals surface area contributed by atoms with Gasteiger partial charge in [-0.15, -0.1) is 0 Å². The second kappa shape index (κ2) is 8.72. The van der Waals surface area contributed by atoms with Crippen molar-refractivity contribution in [1.82, 2.24) is 0 Å². The van der Waals surface area contributed by atoms with Crippen molar-refractivity contribution in [3.63, 3.8) is 0 Å². The Hall–Kier alpha value is -3.27. The molecule has 0 saturated heterocycles. The third-order valence-corrected chi connectivity index (χ3v) is 3.70. The molecule has 0 unspecified atom stereocenters. The van der Waals surface area contributed by atoms with Crippen LogP contribution in [0.5, 0.6) is 17.2 Å². The first kappa shape index (κ1) is 17.5. The van der Waals surface area contributed by atoms with Gasteiger partial charge in [-0.25, -0.2) is 0 Å². The lowest BCUT2D eigenvalue weighted by atomic mass is 10.2. The quantitative estimate of drug-likeness (QED) is 0.639. The summed E-state index contributed by atoms with van der Waals surface area (Å²) in [5.74, 6) is 2.18. The van der Waals surface area contributed by atoms with Crippen LogP contribution in [0.25, 0.3) is 0 Å². The maximum absolute atomic E-state index is 12.0. The van der Waals surface area contributed by atoms with Crippen molar-refractivity contribution >= 4 is 11.6 Å². The zero-order chi connectivity index (χ0) is 18.2. The van der Waals surface area contributed by atoms with Crippen LogP contribution in [-0.2, 0) is 4.79 Å². The van der Waals surface area contributed by atoms with Gasteiger partial charge >= 0.3 is 0 Å². The van der Waals surface area contributed by atoms with Crippen LogP contribution in [0.3, 0.4) is 0 Å². The minimum absolute atomic E-state index is 0.0885. The highest BCUT2D eigenvalue weighted by atomic mass is 16.5. The molecule has 4 nitrogen and oxygen atoms in total. The molecule has 3 aromatic rings. The van der Waals surface area contributed by atoms with E-state index >= 15 is 0 Å². The summed E-state index contributed by atoms with van der Waals surface area (Å²) in [5.41, 5.74) is 1.86. The molecule has 0 heterocycles. The lowest BCUT2D eigenvalue weighted by molar-refractivity contribution is -0.116. The van der Waals surface area contributed by atoms with E-state index in [0.717, 1.165) is 28.5 Å². The summed E-state index contributed by atoms with van der Waals surface area (Å²) in [6, 6.07) is 24.6. The van der Waals surface area contributed by atoms with Crippen LogP contribution >= 0.6 is 0 Å². The summed E-state index contributed by atoms with van der Waals surface area (Å²) in [6.07, 6.45) is 0.288. The zero-order valence-electron chi connectivity index (χ0n) is 14.6. The van der Waals surface area contributed by atoms with Crippen molar-refractivity contribution in [1.29, 1.82) is 0 Å². The number of ether oxygens (including phenoxy) is 2. The van der Waals surface area contributed by atoms with E-state index in [-0.39, 0.29) is 12.3 Å². The summed E-state index contributed by atoms with van der Waals surface area (Å²) in [5, 5.41) is 2.86. The fraction of sp³-hybridized carbons (Fsp3) is 0.136. The van der Waals surface area contributed by atoms with Gasteiger partial charge < -0.3 is 14.8 Å². The Kier molecular flexibility index (Phi) is 5.88. The van der Waals surface area contributed by atoms with E-state index in [0.29, 0.717) is 6.61 Å². The highest BCUT2D eigenvalue weighted by molar-refractivity contribution is 5.90. The van der Waals surface area contributed by atoms with Crippen molar-refractivity contribution in [3.05, 3.63) is 84.4 Å². The lowest BCUT2D eigenvalue weighted by Gasteiger charge is -2.09. The van der Waals surface area contributed by atoms with E-state index in [1.807, 2.05) is 85.8 Å². The smallest absolute Gasteiger partial charge is 0.227 e. The molecule has 0 fully saturated rings. The highest BCUT2D eigenvalue weighted by Crippen LogP contribution is 2.22. The number of carbonyl (C=O) groups excluding carboxylic acids is 1. The summed E-state index contributed by atoms with van der Waals surface area (Å²) < 4.78 is 11.3. The zero-order valence-corrected chi connectivity index (χ0v) is 14.6. The molecular formula is C22H21NO3. The standard InChI is InChI=1S/C22H21NO3/c1-17-6-5-9-21(16-17)25-15-14-22(24)23-18-10-12-20(13-11-18)26-19-7-3-2-4-8-19/h2-13,16H,14-15H2,1H3,(H,23,24). The number of nitrogens with one attached hydrogen (secondary N) is 1. The van der Waals surface area contributed by atoms with Crippen molar-refractivity contribution < 1.29 is 14.3 Å². The van der Waals surface area contributed by atoms with Crippen LogP contribution in [0, 0.1) is 6.92 Å². The number of amides is 1. The first-order chi connectivity index (χ1) is 12.7. The number of carbonyl (C=O) groups is 1. The van der Waals surface area contributed by atoms with E-state index in [9.17, 15) is 4.79 Å². The second-order valence-electron chi connectivity index (χ2n) is 5.90. The van der Waals surface area contributed by atoms with Gasteiger partial charge in [0, 0.05) is 5.69 Å². The third-order valence-electron chi connectivity index (χ3n) is 3.70. The predicted molar refractivity (Wildman–Crippen MR) is 103 cm³/mol. The van der Waals surface area contributed by atoms with Gasteiger partial charge in [0.05, 0.1) is 13.0 Å². The largest absolute Gasteiger partial charge is 0.493 e. The van der Waals surface area contributed by atoms with Gasteiger partial charge in [0.2, 0.25) is 5.91 Å². The van der Waals surface area contributed by atoms with Crippen molar-refractivity contribution in [2.24, 2.45) is 0 Å². The van der Waals surface area contributed by atoms with E-state index in [4.69, 9.17) is 9.47 Å². The van der Waals surface area contributed by atoms with Gasteiger partial charge in [-0.1, -0.05) is 30.3 Å². The predicted octanol–water partition coefficient (Wildman–Crippen LogP) is 5.19. The summed E-state index contributed by atoms with van der Waals surface area (Å²) in [6.45, 7) is 2.34. The monoisotopic (exact) mass is 347 g/mol. The molecule has 3 aromatic carbocycles. The molecule has 3 rings (SSSR count). The molecule has 0 aliphatic carbocycles. The fourth-order valence-corrected chi connectivity index (χ4v) is 2.42. The van der Waals surface area contributed by atoms with E-state index in [2.05, 4.69) is 5.32 Å². The number of aryl methyl sites for hydroxylation is 1. The Morgan fingerprint density at radius 3 is 2.27 bits per heavy atom. The Labute approximate surface area is 153 Å². The van der Waals surface area contributed by atoms with Gasteiger partial charge in [0.15, 0.2) is 0 Å². The van der Waals surface area contributed by atoms with Crippen molar-refractivity contribution in [2.45, 2.75) is 13.3 Å². The van der Waals surface area contributed by atoms with E-state index in [1.54, 1.807) is 0 Å². The van der Waals surface area contributed by atoms with E-state index < -0.39 is 0 Å². The first-order valence-corrected chi connectivity index (χ1v) is 8.51. The van der Waals surface area contributed by atoms with Gasteiger partial charge in [-0.05, 0) is 61.0 Å². The second-order valence-corrected chi connectivity index (χ2v) is 5.90. The molecule has 1 N–H and O–H groups in total. The number of para-hydroxylation sites is 1. The number of hydrogen-bond donors (Lipinski definition) is 1. The number of hydrogen-bond acceptors (Lipinski definition) is 3. The number of rotatable bonds is 7. The lowest BCUT2D eigenvalue weighted by Crippen LogP contribution is -2.15. The van der Waals surface area contributed by atoms with Crippen LogP contribution in [0.2, 0.25) is 0 Å². The summed E-state index contributed by atoms with van der Waals surface area (Å²) >= 11 is 0. The molecule has 0 aliphatic rings.